The normalized spacial score (nSPS) is 16.7. The second-order valence-corrected chi connectivity index (χ2v) is 11.4. The maximum atomic E-state index is 13.2. The Kier molecular flexibility index (Phi) is 6.62. The summed E-state index contributed by atoms with van der Waals surface area (Å²) in [5, 5.41) is 16.6. The standard InChI is InChI=1S/C23H28N6O6S/c1-15-5-7-17(8-6-15)36(33,34)28-12-10-18-20(19(29(31)32)13-24-21(18)28)26-27-11-9-16(14-27)25-22(30)35-23(2,3)4/h5-8,10,12-13,16H,9,11,14H2,1-4H3,(H,24,26)(H,25,30). The molecule has 0 spiro atoms. The molecule has 192 valence electrons. The van der Waals surface area contributed by atoms with Crippen molar-refractivity contribution in [3.8, 4) is 0 Å². The average molecular weight is 517 g/mol. The van der Waals surface area contributed by atoms with Gasteiger partial charge in [-0.2, -0.15) is 0 Å². The lowest BCUT2D eigenvalue weighted by atomic mass is 10.2. The van der Waals surface area contributed by atoms with Crippen molar-refractivity contribution in [2.45, 2.75) is 50.7 Å². The van der Waals surface area contributed by atoms with E-state index < -0.39 is 26.6 Å². The van der Waals surface area contributed by atoms with E-state index in [-0.39, 0.29) is 33.3 Å². The highest BCUT2D eigenvalue weighted by molar-refractivity contribution is 7.90. The van der Waals surface area contributed by atoms with Gasteiger partial charge < -0.3 is 15.5 Å². The molecule has 12 nitrogen and oxygen atoms in total. The lowest BCUT2D eigenvalue weighted by Gasteiger charge is -2.22. The Morgan fingerprint density at radius 1 is 1.22 bits per heavy atom. The fraction of sp³-hybridized carbons (Fsp3) is 0.391. The lowest BCUT2D eigenvalue weighted by Crippen LogP contribution is -2.41. The minimum absolute atomic E-state index is 0.0614. The predicted octanol–water partition coefficient (Wildman–Crippen LogP) is 3.42. The zero-order valence-corrected chi connectivity index (χ0v) is 21.2. The molecule has 0 radical (unpaired) electrons. The highest BCUT2D eigenvalue weighted by Crippen LogP contribution is 2.34. The molecule has 1 saturated heterocycles. The number of carbonyl (C=O) groups is 1. The number of rotatable bonds is 6. The Balaban J connectivity index is 1.62. The first-order chi connectivity index (χ1) is 16.8. The Morgan fingerprint density at radius 2 is 1.92 bits per heavy atom. The molecule has 3 heterocycles. The van der Waals surface area contributed by atoms with Gasteiger partial charge in [-0.25, -0.2) is 27.2 Å². The molecule has 0 saturated carbocycles. The smallest absolute Gasteiger partial charge is 0.407 e. The molecule has 0 bridgehead atoms. The topological polar surface area (TPSA) is 149 Å². The summed E-state index contributed by atoms with van der Waals surface area (Å²) in [5.74, 6) is 0. The van der Waals surface area contributed by atoms with Crippen LogP contribution in [-0.2, 0) is 14.8 Å². The summed E-state index contributed by atoms with van der Waals surface area (Å²) < 4.78 is 32.8. The Bertz CT molecular complexity index is 1410. The number of nitrogens with zero attached hydrogens (tertiary/aromatic N) is 4. The van der Waals surface area contributed by atoms with Gasteiger partial charge in [0.1, 0.15) is 17.5 Å². The number of carbonyl (C=O) groups excluding carboxylic acids is 1. The molecule has 1 aromatic carbocycles. The van der Waals surface area contributed by atoms with E-state index in [1.165, 1.54) is 24.4 Å². The number of hydrogen-bond acceptors (Lipinski definition) is 9. The monoisotopic (exact) mass is 516 g/mol. The van der Waals surface area contributed by atoms with Crippen molar-refractivity contribution in [1.29, 1.82) is 0 Å². The van der Waals surface area contributed by atoms with Crippen molar-refractivity contribution < 1.29 is 22.9 Å². The maximum absolute atomic E-state index is 13.2. The molecule has 0 aliphatic carbocycles. The second kappa shape index (κ2) is 9.39. The molecule has 2 aromatic heterocycles. The third kappa shape index (κ3) is 5.26. The summed E-state index contributed by atoms with van der Waals surface area (Å²) in [6.07, 6.45) is 2.43. The quantitative estimate of drug-likeness (QED) is 0.371. The molecule has 3 aromatic rings. The number of hydrazine groups is 1. The van der Waals surface area contributed by atoms with Crippen molar-refractivity contribution >= 4 is 38.5 Å². The fourth-order valence-corrected chi connectivity index (χ4v) is 5.24. The van der Waals surface area contributed by atoms with Crippen LogP contribution in [0.5, 0.6) is 0 Å². The lowest BCUT2D eigenvalue weighted by molar-refractivity contribution is -0.384. The molecular weight excluding hydrogens is 488 g/mol. The summed E-state index contributed by atoms with van der Waals surface area (Å²) >= 11 is 0. The van der Waals surface area contributed by atoms with Crippen molar-refractivity contribution in [3.05, 3.63) is 58.4 Å². The summed E-state index contributed by atoms with van der Waals surface area (Å²) in [5.41, 5.74) is 3.23. The molecule has 1 fully saturated rings. The highest BCUT2D eigenvalue weighted by Gasteiger charge is 2.30. The van der Waals surface area contributed by atoms with Crippen LogP contribution < -0.4 is 10.7 Å². The Morgan fingerprint density at radius 3 is 2.56 bits per heavy atom. The fourth-order valence-electron chi connectivity index (χ4n) is 3.94. The van der Waals surface area contributed by atoms with Crippen LogP contribution in [0.4, 0.5) is 16.2 Å². The van der Waals surface area contributed by atoms with E-state index in [1.54, 1.807) is 37.9 Å². The third-order valence-corrected chi connectivity index (χ3v) is 7.29. The van der Waals surface area contributed by atoms with Gasteiger partial charge in [0.25, 0.3) is 10.0 Å². The van der Waals surface area contributed by atoms with Crippen molar-refractivity contribution in [3.63, 3.8) is 0 Å². The van der Waals surface area contributed by atoms with E-state index in [0.29, 0.717) is 19.5 Å². The van der Waals surface area contributed by atoms with Crippen LogP contribution in [0.2, 0.25) is 0 Å². The van der Waals surface area contributed by atoms with Gasteiger partial charge in [-0.3, -0.25) is 10.1 Å². The number of aromatic nitrogens is 2. The van der Waals surface area contributed by atoms with Gasteiger partial charge in [-0.1, -0.05) is 17.7 Å². The predicted molar refractivity (Wildman–Crippen MR) is 133 cm³/mol. The van der Waals surface area contributed by atoms with E-state index in [2.05, 4.69) is 15.7 Å². The van der Waals surface area contributed by atoms with Gasteiger partial charge in [0.05, 0.1) is 15.2 Å². The number of benzene rings is 1. The SMILES string of the molecule is Cc1ccc(S(=O)(=O)n2ccc3c(NN4CCC(NC(=O)OC(C)(C)C)C4)c([N+](=O)[O-])cnc32)cc1. The number of hydrogen-bond donors (Lipinski definition) is 2. The van der Waals surface area contributed by atoms with Gasteiger partial charge >= 0.3 is 11.8 Å². The van der Waals surface area contributed by atoms with Gasteiger partial charge in [0.15, 0.2) is 5.65 Å². The van der Waals surface area contributed by atoms with Crippen LogP contribution in [0.25, 0.3) is 11.0 Å². The molecule has 36 heavy (non-hydrogen) atoms. The number of fused-ring (bicyclic) bond motifs is 1. The second-order valence-electron chi connectivity index (χ2n) is 9.63. The number of amides is 1. The maximum Gasteiger partial charge on any atom is 0.407 e. The summed E-state index contributed by atoms with van der Waals surface area (Å²) in [6.45, 7) is 8.02. The third-order valence-electron chi connectivity index (χ3n) is 5.61. The number of ether oxygens (including phenoxy) is 1. The molecular formula is C23H28N6O6S. The van der Waals surface area contributed by atoms with Gasteiger partial charge in [-0.05, 0) is 52.3 Å². The molecule has 1 atom stereocenters. The number of nitro groups is 1. The average Bonchev–Trinajstić information content (AvgIpc) is 3.40. The van der Waals surface area contributed by atoms with E-state index in [1.807, 2.05) is 6.92 Å². The van der Waals surface area contributed by atoms with Crippen LogP contribution in [-0.4, -0.2) is 58.1 Å². The number of aryl methyl sites for hydroxylation is 1. The van der Waals surface area contributed by atoms with Crippen molar-refractivity contribution in [2.75, 3.05) is 18.5 Å². The molecule has 1 aliphatic heterocycles. The van der Waals surface area contributed by atoms with Crippen molar-refractivity contribution in [1.82, 2.24) is 19.3 Å². The van der Waals surface area contributed by atoms with Crippen LogP contribution >= 0.6 is 0 Å². The van der Waals surface area contributed by atoms with Gasteiger partial charge in [0.2, 0.25) is 0 Å². The first-order valence-electron chi connectivity index (χ1n) is 11.3. The van der Waals surface area contributed by atoms with Crippen LogP contribution in [0.1, 0.15) is 32.8 Å². The molecule has 1 aliphatic rings. The highest BCUT2D eigenvalue weighted by atomic mass is 32.2. The zero-order chi connectivity index (χ0) is 26.3. The van der Waals surface area contributed by atoms with E-state index in [0.717, 1.165) is 15.7 Å². The molecule has 13 heteroatoms. The van der Waals surface area contributed by atoms with E-state index in [9.17, 15) is 23.3 Å². The molecule has 1 amide bonds. The first kappa shape index (κ1) is 25.4. The molecule has 1 unspecified atom stereocenters. The van der Waals surface area contributed by atoms with Crippen LogP contribution in [0, 0.1) is 17.0 Å². The number of nitrogens with one attached hydrogen (secondary N) is 2. The summed E-state index contributed by atoms with van der Waals surface area (Å²) in [7, 11) is -3.97. The van der Waals surface area contributed by atoms with E-state index in [4.69, 9.17) is 4.74 Å². The van der Waals surface area contributed by atoms with E-state index >= 15 is 0 Å². The summed E-state index contributed by atoms with van der Waals surface area (Å²) in [6, 6.07) is 7.65. The number of anilines is 1. The minimum Gasteiger partial charge on any atom is -0.444 e. The van der Waals surface area contributed by atoms with Crippen molar-refractivity contribution in [2.24, 2.45) is 0 Å². The van der Waals surface area contributed by atoms with Gasteiger partial charge in [-0.15, -0.1) is 0 Å². The van der Waals surface area contributed by atoms with Crippen LogP contribution in [0.3, 0.4) is 0 Å². The number of pyridine rings is 1. The Hall–Kier alpha value is -3.71. The minimum atomic E-state index is -3.97. The Labute approximate surface area is 208 Å². The molecule has 4 rings (SSSR count). The largest absolute Gasteiger partial charge is 0.444 e. The van der Waals surface area contributed by atoms with Gasteiger partial charge in [0, 0.05) is 25.3 Å². The number of alkyl carbamates (subject to hydrolysis) is 1. The summed E-state index contributed by atoms with van der Waals surface area (Å²) in [4.78, 5) is 27.5. The first-order valence-corrected chi connectivity index (χ1v) is 12.8. The van der Waals surface area contributed by atoms with Crippen LogP contribution in [0.15, 0.2) is 47.6 Å². The zero-order valence-electron chi connectivity index (χ0n) is 20.4. The molecule has 2 N–H and O–H groups in total.